The molecule has 0 aliphatic rings. The molecule has 0 aliphatic carbocycles. The van der Waals surface area contributed by atoms with Crippen molar-refractivity contribution in [3.8, 4) is 17.2 Å². The number of nitrogens with one attached hydrogen (secondary N) is 2. The molecule has 1 heterocycles. The highest BCUT2D eigenvalue weighted by Crippen LogP contribution is 2.34. The van der Waals surface area contributed by atoms with Gasteiger partial charge in [-0.05, 0) is 25.8 Å². The van der Waals surface area contributed by atoms with Crippen molar-refractivity contribution in [3.05, 3.63) is 35.2 Å². The maximum Gasteiger partial charge on any atom is 0.191 e. The van der Waals surface area contributed by atoms with E-state index in [-0.39, 0.29) is 0 Å². The monoisotopic (exact) mass is 418 g/mol. The Balaban J connectivity index is 2.11. The lowest BCUT2D eigenvalue weighted by Gasteiger charge is -2.14. The Morgan fingerprint density at radius 2 is 1.63 bits per heavy atom. The van der Waals surface area contributed by atoms with E-state index in [0.717, 1.165) is 36.4 Å². The third-order valence-electron chi connectivity index (χ3n) is 4.95. The summed E-state index contributed by atoms with van der Waals surface area (Å²) in [5.41, 5.74) is 1.90. The van der Waals surface area contributed by atoms with E-state index in [0.29, 0.717) is 42.2 Å². The predicted octanol–water partition coefficient (Wildman–Crippen LogP) is 3.86. The topological polar surface area (TPSA) is 90.1 Å². The SMILES string of the molecule is CCNC(=NCc1cc(OC)c(OC)cc1OC)NCc1cc(C(CC)CC)no1. The number of aliphatic imine (C=N–C) groups is 1. The van der Waals surface area contributed by atoms with Gasteiger partial charge in [-0.2, -0.15) is 0 Å². The van der Waals surface area contributed by atoms with Crippen LogP contribution in [0.4, 0.5) is 0 Å². The molecule has 0 amide bonds. The van der Waals surface area contributed by atoms with E-state index in [9.17, 15) is 0 Å². The van der Waals surface area contributed by atoms with E-state index in [1.165, 1.54) is 0 Å². The summed E-state index contributed by atoms with van der Waals surface area (Å²) in [6.07, 6.45) is 2.10. The molecule has 0 aliphatic heterocycles. The van der Waals surface area contributed by atoms with Gasteiger partial charge >= 0.3 is 0 Å². The summed E-state index contributed by atoms with van der Waals surface area (Å²) < 4.78 is 21.7. The van der Waals surface area contributed by atoms with Crippen LogP contribution in [0, 0.1) is 0 Å². The molecular formula is C22H34N4O4. The number of methoxy groups -OCH3 is 3. The molecule has 0 unspecified atom stereocenters. The minimum atomic E-state index is 0.411. The van der Waals surface area contributed by atoms with Gasteiger partial charge in [0, 0.05) is 30.2 Å². The van der Waals surface area contributed by atoms with Crippen molar-refractivity contribution in [2.45, 2.75) is 52.6 Å². The summed E-state index contributed by atoms with van der Waals surface area (Å²) in [6, 6.07) is 5.70. The quantitative estimate of drug-likeness (QED) is 0.423. The third kappa shape index (κ3) is 6.05. The van der Waals surface area contributed by atoms with Gasteiger partial charge in [-0.1, -0.05) is 19.0 Å². The van der Waals surface area contributed by atoms with E-state index in [2.05, 4.69) is 34.6 Å². The van der Waals surface area contributed by atoms with Crippen LogP contribution in [-0.4, -0.2) is 39.0 Å². The Labute approximate surface area is 179 Å². The molecule has 0 fully saturated rings. The van der Waals surface area contributed by atoms with E-state index in [1.807, 2.05) is 19.1 Å². The molecule has 2 aromatic rings. The lowest BCUT2D eigenvalue weighted by atomic mass is 9.99. The normalized spacial score (nSPS) is 11.5. The average molecular weight is 419 g/mol. The molecule has 8 nitrogen and oxygen atoms in total. The number of guanidine groups is 1. The van der Waals surface area contributed by atoms with Gasteiger partial charge in [-0.3, -0.25) is 0 Å². The average Bonchev–Trinajstić information content (AvgIpc) is 3.24. The molecule has 0 spiro atoms. The molecule has 8 heteroatoms. The highest BCUT2D eigenvalue weighted by atomic mass is 16.5. The van der Waals surface area contributed by atoms with Crippen LogP contribution in [0.2, 0.25) is 0 Å². The van der Waals surface area contributed by atoms with Gasteiger partial charge in [0.25, 0.3) is 0 Å². The van der Waals surface area contributed by atoms with Crippen LogP contribution in [0.3, 0.4) is 0 Å². The van der Waals surface area contributed by atoms with Crippen molar-refractivity contribution >= 4 is 5.96 Å². The Morgan fingerprint density at radius 1 is 0.967 bits per heavy atom. The number of hydrogen-bond acceptors (Lipinski definition) is 6. The second kappa shape index (κ2) is 11.9. The van der Waals surface area contributed by atoms with Crippen LogP contribution >= 0.6 is 0 Å². The van der Waals surface area contributed by atoms with Crippen molar-refractivity contribution in [2.24, 2.45) is 4.99 Å². The second-order valence-corrected chi connectivity index (χ2v) is 6.80. The highest BCUT2D eigenvalue weighted by molar-refractivity contribution is 5.79. The third-order valence-corrected chi connectivity index (χ3v) is 4.95. The summed E-state index contributed by atoms with van der Waals surface area (Å²) in [6.45, 7) is 8.01. The summed E-state index contributed by atoms with van der Waals surface area (Å²) >= 11 is 0. The summed E-state index contributed by atoms with van der Waals surface area (Å²) in [4.78, 5) is 4.67. The van der Waals surface area contributed by atoms with Gasteiger partial charge < -0.3 is 29.4 Å². The Kier molecular flexibility index (Phi) is 9.31. The maximum absolute atomic E-state index is 5.49. The molecule has 30 heavy (non-hydrogen) atoms. The van der Waals surface area contributed by atoms with E-state index in [4.69, 9.17) is 18.7 Å². The van der Waals surface area contributed by atoms with Crippen molar-refractivity contribution < 1.29 is 18.7 Å². The molecule has 166 valence electrons. The number of ether oxygens (including phenoxy) is 3. The lowest BCUT2D eigenvalue weighted by molar-refractivity contribution is 0.347. The van der Waals surface area contributed by atoms with Crippen LogP contribution in [0.25, 0.3) is 0 Å². The van der Waals surface area contributed by atoms with Gasteiger partial charge in [-0.25, -0.2) is 4.99 Å². The first-order valence-electron chi connectivity index (χ1n) is 10.4. The van der Waals surface area contributed by atoms with Gasteiger partial charge in [0.05, 0.1) is 40.1 Å². The minimum Gasteiger partial charge on any atom is -0.496 e. The fourth-order valence-corrected chi connectivity index (χ4v) is 3.20. The first-order chi connectivity index (χ1) is 14.6. The van der Waals surface area contributed by atoms with Gasteiger partial charge in [-0.15, -0.1) is 0 Å². The smallest absolute Gasteiger partial charge is 0.191 e. The molecular weight excluding hydrogens is 384 g/mol. The van der Waals surface area contributed by atoms with Crippen molar-refractivity contribution in [3.63, 3.8) is 0 Å². The first kappa shape index (κ1) is 23.4. The second-order valence-electron chi connectivity index (χ2n) is 6.80. The van der Waals surface area contributed by atoms with Crippen molar-refractivity contribution in [2.75, 3.05) is 27.9 Å². The summed E-state index contributed by atoms with van der Waals surface area (Å²) in [7, 11) is 4.83. The fourth-order valence-electron chi connectivity index (χ4n) is 3.20. The predicted molar refractivity (Wildman–Crippen MR) is 118 cm³/mol. The lowest BCUT2D eigenvalue weighted by Crippen LogP contribution is -2.36. The van der Waals surface area contributed by atoms with Gasteiger partial charge in [0.1, 0.15) is 5.75 Å². The van der Waals surface area contributed by atoms with Gasteiger partial charge in [0.2, 0.25) is 0 Å². The van der Waals surface area contributed by atoms with E-state index in [1.54, 1.807) is 27.4 Å². The van der Waals surface area contributed by atoms with Crippen LogP contribution in [0.15, 0.2) is 27.7 Å². The fraction of sp³-hybridized carbons (Fsp3) is 0.545. The van der Waals surface area contributed by atoms with Gasteiger partial charge in [0.15, 0.2) is 23.2 Å². The maximum atomic E-state index is 5.49. The Bertz CT molecular complexity index is 815. The zero-order chi connectivity index (χ0) is 21.9. The standard InChI is InChI=1S/C22H34N4O4/c1-7-15(8-2)18-11-17(30-26-18)14-25-22(23-9-3)24-13-16-10-20(28-5)21(29-6)12-19(16)27-4/h10-12,15H,7-9,13-14H2,1-6H3,(H2,23,24,25). The molecule has 0 radical (unpaired) electrons. The Hall–Kier alpha value is -2.90. The number of benzene rings is 1. The molecule has 0 atom stereocenters. The molecule has 0 saturated carbocycles. The molecule has 0 saturated heterocycles. The van der Waals surface area contributed by atoms with Crippen LogP contribution in [-0.2, 0) is 13.1 Å². The zero-order valence-corrected chi connectivity index (χ0v) is 18.9. The summed E-state index contributed by atoms with van der Waals surface area (Å²) in [5.74, 6) is 3.84. The molecule has 2 N–H and O–H groups in total. The minimum absolute atomic E-state index is 0.411. The van der Waals surface area contributed by atoms with Crippen LogP contribution < -0.4 is 24.8 Å². The highest BCUT2D eigenvalue weighted by Gasteiger charge is 2.14. The summed E-state index contributed by atoms with van der Waals surface area (Å²) in [5, 5.41) is 10.8. The number of nitrogens with zero attached hydrogens (tertiary/aromatic N) is 2. The molecule has 1 aromatic carbocycles. The van der Waals surface area contributed by atoms with E-state index < -0.39 is 0 Å². The number of hydrogen-bond donors (Lipinski definition) is 2. The van der Waals surface area contributed by atoms with Crippen molar-refractivity contribution in [1.29, 1.82) is 0 Å². The zero-order valence-electron chi connectivity index (χ0n) is 18.9. The number of aromatic nitrogens is 1. The molecule has 0 bridgehead atoms. The number of rotatable bonds is 11. The first-order valence-corrected chi connectivity index (χ1v) is 10.4. The Morgan fingerprint density at radius 3 is 2.23 bits per heavy atom. The van der Waals surface area contributed by atoms with Crippen molar-refractivity contribution in [1.82, 2.24) is 15.8 Å². The molecule has 1 aromatic heterocycles. The molecule has 2 rings (SSSR count). The van der Waals surface area contributed by atoms with Crippen LogP contribution in [0.1, 0.15) is 56.5 Å². The largest absolute Gasteiger partial charge is 0.496 e. The van der Waals surface area contributed by atoms with E-state index >= 15 is 0 Å². The van der Waals surface area contributed by atoms with Crippen LogP contribution in [0.5, 0.6) is 17.2 Å².